The van der Waals surface area contributed by atoms with Crippen molar-refractivity contribution in [1.82, 2.24) is 14.8 Å². The third-order valence-electron chi connectivity index (χ3n) is 4.09. The summed E-state index contributed by atoms with van der Waals surface area (Å²) in [4.78, 5) is 25.7. The lowest BCUT2D eigenvalue weighted by Crippen LogP contribution is -2.32. The number of fused-ring (bicyclic) bond motifs is 1. The summed E-state index contributed by atoms with van der Waals surface area (Å²) in [6.45, 7) is 2.61. The van der Waals surface area contributed by atoms with Crippen molar-refractivity contribution < 1.29 is 4.79 Å². The lowest BCUT2D eigenvalue weighted by Gasteiger charge is -2.25. The Balaban J connectivity index is 1.46. The molecule has 110 valence electrons. The fourth-order valence-electron chi connectivity index (χ4n) is 3.09. The maximum atomic E-state index is 12.7. The van der Waals surface area contributed by atoms with E-state index in [1.165, 1.54) is 0 Å². The molecule has 4 rings (SSSR count). The van der Waals surface area contributed by atoms with E-state index in [2.05, 4.69) is 20.3 Å². The zero-order chi connectivity index (χ0) is 14.2. The first kappa shape index (κ1) is 13.3. The Kier molecular flexibility index (Phi) is 3.46. The highest BCUT2D eigenvalue weighted by atomic mass is 32.2. The van der Waals surface area contributed by atoms with Gasteiger partial charge >= 0.3 is 0 Å². The lowest BCUT2D eigenvalue weighted by molar-refractivity contribution is -0.131. The molecule has 0 saturated carbocycles. The molecule has 0 aliphatic carbocycles. The van der Waals surface area contributed by atoms with Crippen molar-refractivity contribution >= 4 is 34.2 Å². The van der Waals surface area contributed by atoms with Gasteiger partial charge in [-0.2, -0.15) is 0 Å². The van der Waals surface area contributed by atoms with Crippen molar-refractivity contribution in [1.29, 1.82) is 0 Å². The van der Waals surface area contributed by atoms with Crippen LogP contribution in [-0.2, 0) is 4.79 Å². The highest BCUT2D eigenvalue weighted by Crippen LogP contribution is 2.36. The van der Waals surface area contributed by atoms with Crippen LogP contribution in [0, 0.1) is 0 Å². The van der Waals surface area contributed by atoms with Gasteiger partial charge in [-0.05, 0) is 18.2 Å². The summed E-state index contributed by atoms with van der Waals surface area (Å²) in [7, 11) is 0. The highest BCUT2D eigenvalue weighted by molar-refractivity contribution is 8.16. The molecule has 3 aliphatic rings. The molecule has 0 N–H and O–H groups in total. The van der Waals surface area contributed by atoms with Crippen molar-refractivity contribution in [3.8, 4) is 0 Å². The second-order valence-electron chi connectivity index (χ2n) is 5.34. The van der Waals surface area contributed by atoms with Gasteiger partial charge in [0.05, 0.1) is 19.0 Å². The first-order chi connectivity index (χ1) is 10.3. The van der Waals surface area contributed by atoms with Gasteiger partial charge in [-0.15, -0.1) is 11.3 Å². The molecule has 1 aromatic heterocycles. The van der Waals surface area contributed by atoms with Gasteiger partial charge in [-0.25, -0.2) is 4.98 Å². The maximum Gasteiger partial charge on any atom is 0.229 e. The molecular formula is C14H16N4OS2. The number of thioether (sulfide) groups is 1. The van der Waals surface area contributed by atoms with E-state index in [1.807, 2.05) is 16.5 Å². The molecule has 1 saturated heterocycles. The Morgan fingerprint density at radius 1 is 1.43 bits per heavy atom. The van der Waals surface area contributed by atoms with Crippen LogP contribution in [0.2, 0.25) is 0 Å². The second-order valence-corrected chi connectivity index (χ2v) is 7.10. The van der Waals surface area contributed by atoms with E-state index in [0.29, 0.717) is 6.42 Å². The summed E-state index contributed by atoms with van der Waals surface area (Å²) in [5, 5.41) is 6.18. The molecule has 0 bridgehead atoms. The second kappa shape index (κ2) is 5.46. The number of aromatic nitrogens is 1. The van der Waals surface area contributed by atoms with Crippen LogP contribution in [0.25, 0.3) is 0 Å². The van der Waals surface area contributed by atoms with Crippen LogP contribution >= 0.6 is 23.1 Å². The third kappa shape index (κ3) is 2.38. The van der Waals surface area contributed by atoms with Crippen LogP contribution in [0.1, 0.15) is 30.3 Å². The van der Waals surface area contributed by atoms with Gasteiger partial charge in [0.2, 0.25) is 5.91 Å². The summed E-state index contributed by atoms with van der Waals surface area (Å²) < 4.78 is 0. The number of carbonyl (C=O) groups excluding carboxylic acids is 1. The Bertz CT molecular complexity index is 611. The predicted molar refractivity (Wildman–Crippen MR) is 85.1 cm³/mol. The van der Waals surface area contributed by atoms with Crippen molar-refractivity contribution in [2.75, 3.05) is 19.6 Å². The van der Waals surface area contributed by atoms with Crippen molar-refractivity contribution in [2.45, 2.75) is 25.3 Å². The van der Waals surface area contributed by atoms with Gasteiger partial charge in [0.1, 0.15) is 5.01 Å². The highest BCUT2D eigenvalue weighted by Gasteiger charge is 2.34. The molecule has 1 aromatic rings. The maximum absolute atomic E-state index is 12.7. The molecule has 3 aliphatic heterocycles. The fraction of sp³-hybridized carbons (Fsp3) is 0.500. The van der Waals surface area contributed by atoms with Crippen molar-refractivity contribution in [3.05, 3.63) is 27.7 Å². The molecule has 1 amide bonds. The molecule has 0 aromatic carbocycles. The van der Waals surface area contributed by atoms with E-state index in [1.54, 1.807) is 23.1 Å². The first-order valence-electron chi connectivity index (χ1n) is 7.19. The smallest absolute Gasteiger partial charge is 0.229 e. The van der Waals surface area contributed by atoms with E-state index in [0.717, 1.165) is 48.3 Å². The number of hydrogen-bond acceptors (Lipinski definition) is 6. The van der Waals surface area contributed by atoms with Crippen LogP contribution in [-0.4, -0.2) is 45.5 Å². The minimum Gasteiger partial charge on any atom is -0.333 e. The van der Waals surface area contributed by atoms with Crippen LogP contribution in [0.3, 0.4) is 0 Å². The molecule has 0 unspecified atom stereocenters. The summed E-state index contributed by atoms with van der Waals surface area (Å²) >= 11 is 3.28. The first-order valence-corrected chi connectivity index (χ1v) is 8.95. The Morgan fingerprint density at radius 2 is 2.38 bits per heavy atom. The van der Waals surface area contributed by atoms with Gasteiger partial charge in [0.25, 0.3) is 0 Å². The molecule has 1 atom stereocenters. The van der Waals surface area contributed by atoms with Crippen LogP contribution < -0.4 is 0 Å². The predicted octanol–water partition coefficient (Wildman–Crippen LogP) is 2.46. The Labute approximate surface area is 131 Å². The van der Waals surface area contributed by atoms with Crippen LogP contribution in [0.4, 0.5) is 0 Å². The van der Waals surface area contributed by atoms with Crippen LogP contribution in [0.5, 0.6) is 0 Å². The van der Waals surface area contributed by atoms with E-state index < -0.39 is 0 Å². The number of thiazole rings is 1. The van der Waals surface area contributed by atoms with Gasteiger partial charge < -0.3 is 9.80 Å². The van der Waals surface area contributed by atoms with Gasteiger partial charge in [0, 0.05) is 30.4 Å². The standard InChI is InChI=1S/C14H16N4OS2/c19-12(8-10-9-21-14-16-3-6-17(10)14)18-5-1-2-11(18)13-15-4-7-20-13/h4,7,9,11H,1-3,5-6,8H2/t11-/m0/s1. The normalized spacial score (nSPS) is 24.3. The van der Waals surface area contributed by atoms with Crippen molar-refractivity contribution in [2.24, 2.45) is 4.99 Å². The third-order valence-corrected chi connectivity index (χ3v) is 5.92. The molecule has 0 radical (unpaired) electrons. The van der Waals surface area contributed by atoms with Gasteiger partial charge in [-0.1, -0.05) is 11.8 Å². The summed E-state index contributed by atoms with van der Waals surface area (Å²) in [6.07, 6.45) is 4.40. The van der Waals surface area contributed by atoms with Crippen LogP contribution in [0.15, 0.2) is 27.7 Å². The number of likely N-dealkylation sites (tertiary alicyclic amines) is 1. The zero-order valence-electron chi connectivity index (χ0n) is 11.6. The minimum atomic E-state index is 0.180. The van der Waals surface area contributed by atoms with E-state index in [9.17, 15) is 4.79 Å². The average molecular weight is 320 g/mol. The molecule has 0 spiro atoms. The molecule has 1 fully saturated rings. The molecular weight excluding hydrogens is 304 g/mol. The number of amides is 1. The number of hydrogen-bond donors (Lipinski definition) is 0. The number of amidine groups is 1. The summed E-state index contributed by atoms with van der Waals surface area (Å²) in [6, 6.07) is 0.180. The van der Waals surface area contributed by atoms with Crippen molar-refractivity contribution in [3.63, 3.8) is 0 Å². The molecule has 5 nitrogen and oxygen atoms in total. The summed E-state index contributed by atoms with van der Waals surface area (Å²) in [5.74, 6) is 0.215. The SMILES string of the molecule is O=C(CC1=CSC2=NCCN12)N1CCC[C@H]1c1nccs1. The lowest BCUT2D eigenvalue weighted by atomic mass is 10.2. The zero-order valence-corrected chi connectivity index (χ0v) is 13.2. The average Bonchev–Trinajstić information content (AvgIpc) is 3.25. The number of carbonyl (C=O) groups is 1. The largest absolute Gasteiger partial charge is 0.333 e. The molecule has 4 heterocycles. The van der Waals surface area contributed by atoms with E-state index in [-0.39, 0.29) is 11.9 Å². The minimum absolute atomic E-state index is 0.180. The van der Waals surface area contributed by atoms with E-state index in [4.69, 9.17) is 0 Å². The Hall–Kier alpha value is -1.34. The van der Waals surface area contributed by atoms with Gasteiger partial charge in [0.15, 0.2) is 5.17 Å². The molecule has 7 heteroatoms. The quantitative estimate of drug-likeness (QED) is 0.858. The molecule has 21 heavy (non-hydrogen) atoms. The number of aliphatic imine (C=N–C) groups is 1. The van der Waals surface area contributed by atoms with Gasteiger partial charge in [-0.3, -0.25) is 9.79 Å². The van der Waals surface area contributed by atoms with E-state index >= 15 is 0 Å². The summed E-state index contributed by atoms with van der Waals surface area (Å²) in [5.41, 5.74) is 1.10. The number of nitrogens with zero attached hydrogens (tertiary/aromatic N) is 4. The topological polar surface area (TPSA) is 48.8 Å². The number of rotatable bonds is 3. The Morgan fingerprint density at radius 3 is 3.24 bits per heavy atom. The monoisotopic (exact) mass is 320 g/mol. The fourth-order valence-corrected chi connectivity index (χ4v) is 4.83.